The SMILES string of the molecule is CN(C)C(=O)Cn1cc2c(Cl)c(Br)ccc2n1.Clc1c(Br)ccc2[nH]ncc12. The Hall–Kier alpha value is -1.61. The van der Waals surface area contributed by atoms with E-state index in [9.17, 15) is 4.79 Å². The smallest absolute Gasteiger partial charge is 0.243 e. The summed E-state index contributed by atoms with van der Waals surface area (Å²) in [4.78, 5) is 13.1. The molecule has 146 valence electrons. The summed E-state index contributed by atoms with van der Waals surface area (Å²) in [7, 11) is 3.43. The predicted molar refractivity (Wildman–Crippen MR) is 120 cm³/mol. The number of nitrogens with zero attached hydrogens (tertiary/aromatic N) is 4. The van der Waals surface area contributed by atoms with Gasteiger partial charge in [0.2, 0.25) is 5.91 Å². The first kappa shape index (κ1) is 21.1. The molecule has 6 nitrogen and oxygen atoms in total. The Kier molecular flexibility index (Phi) is 6.65. The minimum atomic E-state index is -0.00649. The summed E-state index contributed by atoms with van der Waals surface area (Å²) >= 11 is 18.8. The van der Waals surface area contributed by atoms with Crippen molar-refractivity contribution >= 4 is 82.8 Å². The van der Waals surface area contributed by atoms with Crippen molar-refractivity contribution in [1.29, 1.82) is 0 Å². The number of benzene rings is 2. The summed E-state index contributed by atoms with van der Waals surface area (Å²) in [5.41, 5.74) is 1.74. The van der Waals surface area contributed by atoms with Crippen molar-refractivity contribution in [2.45, 2.75) is 6.54 Å². The number of amides is 1. The van der Waals surface area contributed by atoms with Crippen molar-refractivity contribution in [3.05, 3.63) is 55.6 Å². The van der Waals surface area contributed by atoms with Gasteiger partial charge in [0.1, 0.15) is 6.54 Å². The molecule has 0 aliphatic carbocycles. The molecule has 2 aromatic carbocycles. The zero-order chi connectivity index (χ0) is 20.4. The van der Waals surface area contributed by atoms with Gasteiger partial charge in [-0.15, -0.1) is 0 Å². The number of likely N-dealkylation sites (N-methyl/N-ethyl adjacent to an activating group) is 1. The van der Waals surface area contributed by atoms with Gasteiger partial charge >= 0.3 is 0 Å². The lowest BCUT2D eigenvalue weighted by Crippen LogP contribution is -2.26. The maximum absolute atomic E-state index is 11.6. The lowest BCUT2D eigenvalue weighted by Gasteiger charge is -2.09. The van der Waals surface area contributed by atoms with Gasteiger partial charge in [0.15, 0.2) is 0 Å². The van der Waals surface area contributed by atoms with Crippen LogP contribution in [0.25, 0.3) is 21.8 Å². The number of hydrogen-bond acceptors (Lipinski definition) is 3. The zero-order valence-corrected chi connectivity index (χ0v) is 19.6. The highest BCUT2D eigenvalue weighted by Gasteiger charge is 2.10. The Morgan fingerprint density at radius 2 is 1.75 bits per heavy atom. The van der Waals surface area contributed by atoms with Crippen molar-refractivity contribution in [1.82, 2.24) is 24.9 Å². The van der Waals surface area contributed by atoms with Crippen LogP contribution in [-0.2, 0) is 11.3 Å². The molecule has 0 aliphatic rings. The van der Waals surface area contributed by atoms with E-state index in [2.05, 4.69) is 47.2 Å². The van der Waals surface area contributed by atoms with Crippen molar-refractivity contribution in [2.24, 2.45) is 0 Å². The van der Waals surface area contributed by atoms with Gasteiger partial charge in [-0.2, -0.15) is 10.2 Å². The minimum absolute atomic E-state index is 0.00649. The number of fused-ring (bicyclic) bond motifs is 2. The predicted octanol–water partition coefficient (Wildman–Crippen LogP) is 5.52. The molecule has 0 atom stereocenters. The molecule has 0 fully saturated rings. The first-order valence-corrected chi connectivity index (χ1v) is 10.4. The van der Waals surface area contributed by atoms with Gasteiger partial charge in [0, 0.05) is 40.0 Å². The summed E-state index contributed by atoms with van der Waals surface area (Å²) in [5, 5.41) is 14.1. The number of H-pyrrole nitrogens is 1. The van der Waals surface area contributed by atoms with Crippen LogP contribution in [0.1, 0.15) is 0 Å². The third-order valence-corrected chi connectivity index (χ3v) is 6.52. The number of aromatic amines is 1. The average molecular weight is 548 g/mol. The first-order chi connectivity index (χ1) is 13.3. The second-order valence-electron chi connectivity index (χ2n) is 6.10. The van der Waals surface area contributed by atoms with Crippen molar-refractivity contribution in [3.8, 4) is 0 Å². The van der Waals surface area contributed by atoms with Crippen molar-refractivity contribution in [2.75, 3.05) is 14.1 Å². The van der Waals surface area contributed by atoms with Gasteiger partial charge in [0.05, 0.1) is 27.3 Å². The molecule has 0 radical (unpaired) electrons. The van der Waals surface area contributed by atoms with Crippen LogP contribution in [0.4, 0.5) is 0 Å². The standard InChI is InChI=1S/C11H11BrClN3O.C7H4BrClN2/c1-15(2)10(17)6-16-5-7-9(14-16)4-3-8(12)11(7)13;8-5-1-2-6-4(7(5)9)3-10-11-6/h3-5H,6H2,1-2H3;1-3H,(H,10,11). The molecule has 0 bridgehead atoms. The fraction of sp³-hybridized carbons (Fsp3) is 0.167. The summed E-state index contributed by atoms with van der Waals surface area (Å²) < 4.78 is 3.32. The molecule has 1 N–H and O–H groups in total. The van der Waals surface area contributed by atoms with Gasteiger partial charge in [-0.25, -0.2) is 0 Å². The number of aromatic nitrogens is 4. The molecule has 10 heteroatoms. The summed E-state index contributed by atoms with van der Waals surface area (Å²) in [5.74, 6) is -0.00649. The lowest BCUT2D eigenvalue weighted by molar-refractivity contribution is -0.129. The zero-order valence-electron chi connectivity index (χ0n) is 14.9. The Bertz CT molecular complexity index is 1160. The first-order valence-electron chi connectivity index (χ1n) is 8.06. The van der Waals surface area contributed by atoms with E-state index in [1.807, 2.05) is 24.3 Å². The Balaban J connectivity index is 0.000000176. The van der Waals surface area contributed by atoms with E-state index in [1.165, 1.54) is 4.90 Å². The van der Waals surface area contributed by atoms with Crippen LogP contribution in [-0.4, -0.2) is 44.9 Å². The molecular formula is C18H15Br2Cl2N5O. The molecule has 28 heavy (non-hydrogen) atoms. The summed E-state index contributed by atoms with van der Waals surface area (Å²) in [6.07, 6.45) is 3.49. The van der Waals surface area contributed by atoms with Crippen LogP contribution in [0.5, 0.6) is 0 Å². The van der Waals surface area contributed by atoms with Gasteiger partial charge < -0.3 is 4.90 Å². The Morgan fingerprint density at radius 3 is 2.43 bits per heavy atom. The third kappa shape index (κ3) is 4.51. The van der Waals surface area contributed by atoms with Gasteiger partial charge in [-0.1, -0.05) is 23.2 Å². The molecule has 0 spiro atoms. The Morgan fingerprint density at radius 1 is 1.11 bits per heavy atom. The largest absolute Gasteiger partial charge is 0.347 e. The van der Waals surface area contributed by atoms with E-state index in [1.54, 1.807) is 31.2 Å². The van der Waals surface area contributed by atoms with E-state index in [-0.39, 0.29) is 12.5 Å². The van der Waals surface area contributed by atoms with Gasteiger partial charge in [0.25, 0.3) is 0 Å². The van der Waals surface area contributed by atoms with E-state index >= 15 is 0 Å². The third-order valence-electron chi connectivity index (χ3n) is 3.93. The highest BCUT2D eigenvalue weighted by Crippen LogP contribution is 2.30. The molecule has 4 aromatic rings. The lowest BCUT2D eigenvalue weighted by atomic mass is 10.3. The summed E-state index contributed by atoms with van der Waals surface area (Å²) in [6, 6.07) is 7.53. The molecule has 0 aliphatic heterocycles. The van der Waals surface area contributed by atoms with Crippen LogP contribution in [0.3, 0.4) is 0 Å². The number of rotatable bonds is 2. The fourth-order valence-electron chi connectivity index (χ4n) is 2.40. The number of hydrogen-bond donors (Lipinski definition) is 1. The van der Waals surface area contributed by atoms with Crippen molar-refractivity contribution in [3.63, 3.8) is 0 Å². The second kappa shape index (κ2) is 8.82. The average Bonchev–Trinajstić information content (AvgIpc) is 3.29. The topological polar surface area (TPSA) is 66.8 Å². The molecular weight excluding hydrogens is 533 g/mol. The van der Waals surface area contributed by atoms with E-state index in [0.717, 1.165) is 30.8 Å². The number of nitrogens with one attached hydrogen (secondary N) is 1. The van der Waals surface area contributed by atoms with Crippen LogP contribution < -0.4 is 0 Å². The molecule has 0 saturated heterocycles. The highest BCUT2D eigenvalue weighted by molar-refractivity contribution is 9.10. The number of carbonyl (C=O) groups excluding carboxylic acids is 1. The van der Waals surface area contributed by atoms with E-state index in [0.29, 0.717) is 10.0 Å². The van der Waals surface area contributed by atoms with Crippen LogP contribution in [0, 0.1) is 0 Å². The van der Waals surface area contributed by atoms with E-state index < -0.39 is 0 Å². The second-order valence-corrected chi connectivity index (χ2v) is 8.57. The monoisotopic (exact) mass is 545 g/mol. The highest BCUT2D eigenvalue weighted by atomic mass is 79.9. The molecule has 1 amide bonds. The fourth-order valence-corrected chi connectivity index (χ4v) is 3.51. The minimum Gasteiger partial charge on any atom is -0.347 e. The molecule has 4 rings (SSSR count). The molecule has 2 aromatic heterocycles. The van der Waals surface area contributed by atoms with Crippen LogP contribution in [0.2, 0.25) is 10.0 Å². The molecule has 0 saturated carbocycles. The Labute approximate surface area is 188 Å². The van der Waals surface area contributed by atoms with Gasteiger partial charge in [-0.3, -0.25) is 14.6 Å². The van der Waals surface area contributed by atoms with Crippen LogP contribution in [0.15, 0.2) is 45.6 Å². The van der Waals surface area contributed by atoms with Crippen LogP contribution >= 0.6 is 55.1 Å². The number of carbonyl (C=O) groups is 1. The quantitative estimate of drug-likeness (QED) is 0.359. The van der Waals surface area contributed by atoms with Gasteiger partial charge in [-0.05, 0) is 56.1 Å². The maximum Gasteiger partial charge on any atom is 0.243 e. The summed E-state index contributed by atoms with van der Waals surface area (Å²) in [6.45, 7) is 0.218. The van der Waals surface area contributed by atoms with E-state index in [4.69, 9.17) is 23.2 Å². The maximum atomic E-state index is 11.6. The van der Waals surface area contributed by atoms with Crippen molar-refractivity contribution < 1.29 is 4.79 Å². The normalized spacial score (nSPS) is 10.8. The molecule has 0 unspecified atom stereocenters. The number of halogens is 4. The molecule has 2 heterocycles.